The maximum Gasteiger partial charge on any atom is 0.257 e. The van der Waals surface area contributed by atoms with Gasteiger partial charge in [-0.1, -0.05) is 30.7 Å². The molecule has 3 N–H and O–H groups in total. The SMILES string of the molecule is CNc1ncc(-c2ccc(C3(C(N)=NC(=O)C4C=NN(C)C4)CCC3)cc2)cn1. The molecule has 0 radical (unpaired) electrons. The number of aliphatic imine (C=N–C) groups is 1. The number of aromatic nitrogens is 2. The van der Waals surface area contributed by atoms with Crippen LogP contribution in [0.1, 0.15) is 24.8 Å². The Morgan fingerprint density at radius 1 is 1.21 bits per heavy atom. The summed E-state index contributed by atoms with van der Waals surface area (Å²) in [5, 5.41) is 8.76. The van der Waals surface area contributed by atoms with E-state index >= 15 is 0 Å². The van der Waals surface area contributed by atoms with Crippen molar-refractivity contribution < 1.29 is 4.79 Å². The highest BCUT2D eigenvalue weighted by Gasteiger charge is 2.43. The van der Waals surface area contributed by atoms with Crippen LogP contribution in [0.4, 0.5) is 5.95 Å². The average molecular weight is 391 g/mol. The van der Waals surface area contributed by atoms with Gasteiger partial charge >= 0.3 is 0 Å². The van der Waals surface area contributed by atoms with Crippen LogP contribution in [0.15, 0.2) is 46.8 Å². The van der Waals surface area contributed by atoms with E-state index in [0.29, 0.717) is 18.3 Å². The molecule has 1 amide bonds. The molecule has 1 aliphatic carbocycles. The monoisotopic (exact) mass is 391 g/mol. The molecule has 1 fully saturated rings. The van der Waals surface area contributed by atoms with Gasteiger partial charge in [0.05, 0.1) is 17.9 Å². The van der Waals surface area contributed by atoms with Gasteiger partial charge in [0.15, 0.2) is 0 Å². The molecule has 8 heteroatoms. The summed E-state index contributed by atoms with van der Waals surface area (Å²) in [6, 6.07) is 8.22. The van der Waals surface area contributed by atoms with Crippen molar-refractivity contribution in [2.75, 3.05) is 26.0 Å². The Balaban J connectivity index is 1.55. The zero-order chi connectivity index (χ0) is 20.4. The molecule has 0 spiro atoms. The van der Waals surface area contributed by atoms with Crippen LogP contribution in [-0.4, -0.2) is 53.6 Å². The minimum Gasteiger partial charge on any atom is -0.386 e. The minimum absolute atomic E-state index is 0.222. The molecule has 2 heterocycles. The third kappa shape index (κ3) is 3.57. The van der Waals surface area contributed by atoms with Gasteiger partial charge in [0.25, 0.3) is 5.91 Å². The van der Waals surface area contributed by atoms with Crippen LogP contribution >= 0.6 is 0 Å². The van der Waals surface area contributed by atoms with Crippen LogP contribution in [0, 0.1) is 5.92 Å². The number of hydrogen-bond acceptors (Lipinski definition) is 6. The second-order valence-electron chi connectivity index (χ2n) is 7.60. The number of nitrogens with one attached hydrogen (secondary N) is 1. The smallest absolute Gasteiger partial charge is 0.257 e. The number of hydrogen-bond donors (Lipinski definition) is 2. The van der Waals surface area contributed by atoms with E-state index in [1.54, 1.807) is 30.7 Å². The molecular weight excluding hydrogens is 366 g/mol. The van der Waals surface area contributed by atoms with Crippen LogP contribution in [0.25, 0.3) is 11.1 Å². The van der Waals surface area contributed by atoms with E-state index in [-0.39, 0.29) is 17.2 Å². The van der Waals surface area contributed by atoms with E-state index in [0.717, 1.165) is 36.0 Å². The van der Waals surface area contributed by atoms with Crippen LogP contribution < -0.4 is 11.1 Å². The maximum absolute atomic E-state index is 12.5. The first-order valence-electron chi connectivity index (χ1n) is 9.76. The molecule has 1 atom stereocenters. The summed E-state index contributed by atoms with van der Waals surface area (Å²) >= 11 is 0. The number of amidine groups is 1. The zero-order valence-electron chi connectivity index (χ0n) is 16.7. The molecule has 1 aromatic carbocycles. The van der Waals surface area contributed by atoms with Crippen LogP contribution in [0.3, 0.4) is 0 Å². The molecule has 4 rings (SSSR count). The molecule has 29 heavy (non-hydrogen) atoms. The molecule has 2 aliphatic rings. The van der Waals surface area contributed by atoms with Crippen molar-refractivity contribution in [3.8, 4) is 11.1 Å². The number of nitrogens with zero attached hydrogens (tertiary/aromatic N) is 5. The summed E-state index contributed by atoms with van der Waals surface area (Å²) in [6.07, 6.45) is 8.09. The van der Waals surface area contributed by atoms with Gasteiger partial charge in [0, 0.05) is 38.3 Å². The van der Waals surface area contributed by atoms with Crippen molar-refractivity contribution in [2.45, 2.75) is 24.7 Å². The van der Waals surface area contributed by atoms with Gasteiger partial charge in [-0.2, -0.15) is 10.1 Å². The summed E-state index contributed by atoms with van der Waals surface area (Å²) < 4.78 is 0. The number of rotatable bonds is 5. The van der Waals surface area contributed by atoms with Crippen molar-refractivity contribution in [1.29, 1.82) is 0 Å². The standard InChI is InChI=1S/C21H25N7O/c1-23-20-24-10-15(11-25-20)14-4-6-17(7-5-14)21(8-3-9-21)19(22)27-18(29)16-12-26-28(2)13-16/h4-7,10-12,16H,3,8-9,13H2,1-2H3,(H2,22,27,29)(H,23,24,25). The number of benzene rings is 1. The second kappa shape index (κ2) is 7.62. The van der Waals surface area contributed by atoms with E-state index in [1.165, 1.54) is 0 Å². The molecule has 150 valence electrons. The van der Waals surface area contributed by atoms with Gasteiger partial charge in [-0.15, -0.1) is 0 Å². The predicted molar refractivity (Wildman–Crippen MR) is 114 cm³/mol. The normalized spacial score (nSPS) is 20.4. The number of carbonyl (C=O) groups excluding carboxylic acids is 1. The molecule has 1 unspecified atom stereocenters. The fraction of sp³-hybridized carbons (Fsp3) is 0.381. The highest BCUT2D eigenvalue weighted by atomic mass is 16.1. The summed E-state index contributed by atoms with van der Waals surface area (Å²) in [6.45, 7) is 0.547. The lowest BCUT2D eigenvalue weighted by Gasteiger charge is -2.41. The van der Waals surface area contributed by atoms with Crippen LogP contribution in [0.5, 0.6) is 0 Å². The maximum atomic E-state index is 12.5. The Hall–Kier alpha value is -3.29. The predicted octanol–water partition coefficient (Wildman–Crippen LogP) is 2.04. The Labute approximate surface area is 170 Å². The molecule has 1 aromatic heterocycles. The van der Waals surface area contributed by atoms with Crippen molar-refractivity contribution in [3.05, 3.63) is 42.2 Å². The fourth-order valence-corrected chi connectivity index (χ4v) is 3.83. The zero-order valence-corrected chi connectivity index (χ0v) is 16.7. The number of anilines is 1. The van der Waals surface area contributed by atoms with Crippen molar-refractivity contribution >= 4 is 23.9 Å². The van der Waals surface area contributed by atoms with Gasteiger partial charge in [-0.05, 0) is 24.0 Å². The number of carbonyl (C=O) groups is 1. The molecule has 1 aliphatic heterocycles. The largest absolute Gasteiger partial charge is 0.386 e. The number of nitrogens with two attached hydrogens (primary N) is 1. The van der Waals surface area contributed by atoms with Crippen LogP contribution in [-0.2, 0) is 10.2 Å². The van der Waals surface area contributed by atoms with Crippen LogP contribution in [0.2, 0.25) is 0 Å². The first-order chi connectivity index (χ1) is 14.0. The molecule has 0 bridgehead atoms. The topological polar surface area (TPSA) is 109 Å². The molecular formula is C21H25N7O. The number of amides is 1. The van der Waals surface area contributed by atoms with E-state index in [9.17, 15) is 4.79 Å². The first-order valence-corrected chi connectivity index (χ1v) is 9.76. The quantitative estimate of drug-likeness (QED) is 0.596. The van der Waals surface area contributed by atoms with E-state index < -0.39 is 0 Å². The fourth-order valence-electron chi connectivity index (χ4n) is 3.83. The Bertz CT molecular complexity index is 946. The van der Waals surface area contributed by atoms with Crippen molar-refractivity contribution in [2.24, 2.45) is 21.7 Å². The van der Waals surface area contributed by atoms with Crippen molar-refractivity contribution in [3.63, 3.8) is 0 Å². The van der Waals surface area contributed by atoms with Crippen molar-refractivity contribution in [1.82, 2.24) is 15.0 Å². The summed E-state index contributed by atoms with van der Waals surface area (Å²) in [5.74, 6) is 0.455. The Morgan fingerprint density at radius 2 is 1.90 bits per heavy atom. The Kier molecular flexibility index (Phi) is 5.00. The summed E-state index contributed by atoms with van der Waals surface area (Å²) in [4.78, 5) is 25.3. The molecule has 0 saturated heterocycles. The van der Waals surface area contributed by atoms with E-state index in [2.05, 4.69) is 37.5 Å². The highest BCUT2D eigenvalue weighted by molar-refractivity contribution is 6.05. The average Bonchev–Trinajstić information content (AvgIpc) is 3.14. The lowest BCUT2D eigenvalue weighted by Crippen LogP contribution is -2.47. The molecule has 2 aromatic rings. The lowest BCUT2D eigenvalue weighted by atomic mass is 9.63. The van der Waals surface area contributed by atoms with E-state index in [4.69, 9.17) is 5.73 Å². The summed E-state index contributed by atoms with van der Waals surface area (Å²) in [7, 11) is 3.62. The molecule has 8 nitrogen and oxygen atoms in total. The third-order valence-corrected chi connectivity index (χ3v) is 5.80. The van der Waals surface area contributed by atoms with Gasteiger partial charge < -0.3 is 11.1 Å². The second-order valence-corrected chi connectivity index (χ2v) is 7.60. The molecule has 1 saturated carbocycles. The summed E-state index contributed by atoms with van der Waals surface area (Å²) in [5.41, 5.74) is 9.08. The third-order valence-electron chi connectivity index (χ3n) is 5.80. The first kappa shape index (κ1) is 19.0. The highest BCUT2D eigenvalue weighted by Crippen LogP contribution is 2.44. The number of hydrazone groups is 1. The minimum atomic E-state index is -0.359. The van der Waals surface area contributed by atoms with Gasteiger partial charge in [0.1, 0.15) is 5.84 Å². The van der Waals surface area contributed by atoms with Gasteiger partial charge in [0.2, 0.25) is 5.95 Å². The van der Waals surface area contributed by atoms with Gasteiger partial charge in [-0.25, -0.2) is 9.97 Å². The Morgan fingerprint density at radius 3 is 2.41 bits per heavy atom. The van der Waals surface area contributed by atoms with Gasteiger partial charge in [-0.3, -0.25) is 9.80 Å². The lowest BCUT2D eigenvalue weighted by molar-refractivity contribution is -0.119. The van der Waals surface area contributed by atoms with E-state index in [1.807, 2.05) is 19.2 Å².